The summed E-state index contributed by atoms with van der Waals surface area (Å²) in [4.78, 5) is 12.0. The van der Waals surface area contributed by atoms with Gasteiger partial charge < -0.3 is 15.7 Å². The average molecular weight is 299 g/mol. The Morgan fingerprint density at radius 3 is 2.80 bits per heavy atom. The van der Waals surface area contributed by atoms with E-state index in [0.29, 0.717) is 18.7 Å². The molecule has 20 heavy (non-hydrogen) atoms. The number of amides is 1. The fraction of sp³-hybridized carbons (Fsp3) is 0.417. The molecule has 8 heteroatoms. The third-order valence-corrected chi connectivity index (χ3v) is 4.52. The topological polar surface area (TPSA) is 108 Å². The molecule has 2 atom stereocenters. The molecule has 0 aromatic heterocycles. The molecule has 1 saturated heterocycles. The molecule has 0 bridgehead atoms. The zero-order valence-electron chi connectivity index (χ0n) is 11.0. The first-order chi connectivity index (χ1) is 9.42. The molecule has 1 heterocycles. The summed E-state index contributed by atoms with van der Waals surface area (Å²) in [5.41, 5.74) is 0.398. The number of anilines is 1. The van der Waals surface area contributed by atoms with E-state index >= 15 is 0 Å². The Labute approximate surface area is 117 Å². The summed E-state index contributed by atoms with van der Waals surface area (Å²) in [6, 6.07) is 5.53. The van der Waals surface area contributed by atoms with Gasteiger partial charge in [0.15, 0.2) is 0 Å². The Morgan fingerprint density at radius 2 is 2.20 bits per heavy atom. The summed E-state index contributed by atoms with van der Waals surface area (Å²) in [6.45, 7) is 0.381. The van der Waals surface area contributed by atoms with E-state index in [9.17, 15) is 18.3 Å². The second-order valence-electron chi connectivity index (χ2n) is 4.58. The van der Waals surface area contributed by atoms with Crippen LogP contribution in [0.3, 0.4) is 0 Å². The summed E-state index contributed by atoms with van der Waals surface area (Å²) in [5.74, 6) is -0.291. The lowest BCUT2D eigenvalue weighted by atomic mass is 10.2. The molecule has 2 unspecified atom stereocenters. The van der Waals surface area contributed by atoms with Gasteiger partial charge in [-0.15, -0.1) is 0 Å². The molecule has 0 saturated carbocycles. The van der Waals surface area contributed by atoms with Crippen LogP contribution in [0.15, 0.2) is 29.2 Å². The van der Waals surface area contributed by atoms with Crippen molar-refractivity contribution in [3.05, 3.63) is 24.3 Å². The van der Waals surface area contributed by atoms with Crippen molar-refractivity contribution in [1.29, 1.82) is 0 Å². The number of carbonyl (C=O) groups excluding carboxylic acids is 1. The molecule has 1 aromatic rings. The van der Waals surface area contributed by atoms with Crippen LogP contribution in [0, 0.1) is 0 Å². The maximum atomic E-state index is 11.9. The van der Waals surface area contributed by atoms with Crippen LogP contribution >= 0.6 is 0 Å². The van der Waals surface area contributed by atoms with Gasteiger partial charge in [0.05, 0.1) is 17.0 Å². The van der Waals surface area contributed by atoms with Crippen LogP contribution < -0.4 is 15.4 Å². The molecule has 1 amide bonds. The van der Waals surface area contributed by atoms with E-state index in [0.717, 1.165) is 0 Å². The lowest BCUT2D eigenvalue weighted by Crippen LogP contribution is -2.35. The van der Waals surface area contributed by atoms with Crippen molar-refractivity contribution in [2.24, 2.45) is 0 Å². The van der Waals surface area contributed by atoms with Crippen molar-refractivity contribution in [1.82, 2.24) is 10.0 Å². The van der Waals surface area contributed by atoms with Gasteiger partial charge in [-0.05, 0) is 31.7 Å². The quantitative estimate of drug-likeness (QED) is 0.585. The van der Waals surface area contributed by atoms with E-state index in [2.05, 4.69) is 15.4 Å². The number of nitrogens with one attached hydrogen (secondary N) is 3. The molecular weight excluding hydrogens is 282 g/mol. The maximum Gasteiger partial charge on any atom is 0.241 e. The minimum atomic E-state index is -3.54. The summed E-state index contributed by atoms with van der Waals surface area (Å²) in [5, 5.41) is 14.9. The number of hydrogen-bond acceptors (Lipinski definition) is 5. The van der Waals surface area contributed by atoms with Crippen LogP contribution in [-0.2, 0) is 14.8 Å². The van der Waals surface area contributed by atoms with Gasteiger partial charge in [-0.1, -0.05) is 6.07 Å². The Bertz CT molecular complexity index is 602. The van der Waals surface area contributed by atoms with E-state index < -0.39 is 22.2 Å². The van der Waals surface area contributed by atoms with Gasteiger partial charge in [0.2, 0.25) is 15.9 Å². The number of β-amino-alcohol motifs (C(OH)–C–C–N with tert-alkyl or cyclic N) is 1. The summed E-state index contributed by atoms with van der Waals surface area (Å²) in [6.07, 6.45) is -0.179. The molecule has 0 aliphatic carbocycles. The summed E-state index contributed by atoms with van der Waals surface area (Å²) >= 11 is 0. The van der Waals surface area contributed by atoms with E-state index in [4.69, 9.17) is 0 Å². The number of hydrogen-bond donors (Lipinski definition) is 4. The molecule has 1 aromatic carbocycles. The van der Waals surface area contributed by atoms with Gasteiger partial charge in [0.25, 0.3) is 0 Å². The highest BCUT2D eigenvalue weighted by Gasteiger charge is 2.28. The van der Waals surface area contributed by atoms with Crippen LogP contribution in [0.4, 0.5) is 5.69 Å². The third kappa shape index (κ3) is 3.34. The number of benzene rings is 1. The molecule has 4 N–H and O–H groups in total. The minimum Gasteiger partial charge on any atom is -0.392 e. The summed E-state index contributed by atoms with van der Waals surface area (Å²) in [7, 11) is -2.22. The average Bonchev–Trinajstić information content (AvgIpc) is 2.86. The molecule has 110 valence electrons. The van der Waals surface area contributed by atoms with Gasteiger partial charge >= 0.3 is 0 Å². The first kappa shape index (κ1) is 14.9. The lowest BCUT2D eigenvalue weighted by Gasteiger charge is -2.12. The van der Waals surface area contributed by atoms with Gasteiger partial charge in [0.1, 0.15) is 0 Å². The van der Waals surface area contributed by atoms with Crippen molar-refractivity contribution < 1.29 is 18.3 Å². The maximum absolute atomic E-state index is 11.9. The van der Waals surface area contributed by atoms with E-state index in [1.54, 1.807) is 12.1 Å². The lowest BCUT2D eigenvalue weighted by molar-refractivity contribution is -0.117. The number of aliphatic hydroxyl groups excluding tert-OH is 1. The van der Waals surface area contributed by atoms with Crippen molar-refractivity contribution in [2.75, 3.05) is 18.9 Å². The van der Waals surface area contributed by atoms with E-state index in [-0.39, 0.29) is 10.8 Å². The largest absolute Gasteiger partial charge is 0.392 e. The molecule has 1 fully saturated rings. The van der Waals surface area contributed by atoms with E-state index in [1.807, 2.05) is 0 Å². The third-order valence-electron chi connectivity index (χ3n) is 3.10. The molecule has 0 spiro atoms. The Kier molecular flexibility index (Phi) is 4.39. The predicted molar refractivity (Wildman–Crippen MR) is 73.7 cm³/mol. The van der Waals surface area contributed by atoms with Crippen LogP contribution in [-0.4, -0.2) is 45.2 Å². The van der Waals surface area contributed by atoms with Gasteiger partial charge in [-0.2, -0.15) is 0 Å². The zero-order chi connectivity index (χ0) is 14.8. The molecule has 1 aliphatic heterocycles. The SMILES string of the molecule is CNS(=O)(=O)c1cccc(NC(=O)C2CC(O)CN2)c1. The van der Waals surface area contributed by atoms with Crippen LogP contribution in [0.5, 0.6) is 0 Å². The minimum absolute atomic E-state index is 0.0808. The fourth-order valence-electron chi connectivity index (χ4n) is 2.01. The van der Waals surface area contributed by atoms with Crippen molar-refractivity contribution >= 4 is 21.6 Å². The summed E-state index contributed by atoms with van der Waals surface area (Å²) < 4.78 is 25.6. The Balaban J connectivity index is 2.10. The highest BCUT2D eigenvalue weighted by atomic mass is 32.2. The smallest absolute Gasteiger partial charge is 0.241 e. The normalized spacial score (nSPS) is 22.7. The van der Waals surface area contributed by atoms with Crippen LogP contribution in [0.2, 0.25) is 0 Å². The van der Waals surface area contributed by atoms with Crippen LogP contribution in [0.1, 0.15) is 6.42 Å². The number of sulfonamides is 1. The van der Waals surface area contributed by atoms with Gasteiger partial charge in [-0.25, -0.2) is 13.1 Å². The second kappa shape index (κ2) is 5.88. The van der Waals surface area contributed by atoms with E-state index in [1.165, 1.54) is 19.2 Å². The Hall–Kier alpha value is -1.48. The monoisotopic (exact) mass is 299 g/mol. The van der Waals surface area contributed by atoms with Gasteiger partial charge in [0, 0.05) is 12.2 Å². The highest BCUT2D eigenvalue weighted by Crippen LogP contribution is 2.16. The molecule has 0 radical (unpaired) electrons. The van der Waals surface area contributed by atoms with Crippen molar-refractivity contribution in [3.63, 3.8) is 0 Å². The van der Waals surface area contributed by atoms with Gasteiger partial charge in [-0.3, -0.25) is 4.79 Å². The highest BCUT2D eigenvalue weighted by molar-refractivity contribution is 7.89. The predicted octanol–water partition coefficient (Wildman–Crippen LogP) is -0.744. The molecule has 7 nitrogen and oxygen atoms in total. The zero-order valence-corrected chi connectivity index (χ0v) is 11.8. The van der Waals surface area contributed by atoms with Crippen molar-refractivity contribution in [3.8, 4) is 0 Å². The second-order valence-corrected chi connectivity index (χ2v) is 6.46. The fourth-order valence-corrected chi connectivity index (χ4v) is 2.78. The van der Waals surface area contributed by atoms with Crippen molar-refractivity contribution in [2.45, 2.75) is 23.5 Å². The first-order valence-corrected chi connectivity index (χ1v) is 7.66. The standard InChI is InChI=1S/C12H17N3O4S/c1-13-20(18,19)10-4-2-3-8(5-10)15-12(17)11-6-9(16)7-14-11/h2-5,9,11,13-14,16H,6-7H2,1H3,(H,15,17). The number of aliphatic hydroxyl groups is 1. The number of carbonyl (C=O) groups is 1. The molecule has 1 aliphatic rings. The molecular formula is C12H17N3O4S. The first-order valence-electron chi connectivity index (χ1n) is 6.18. The number of rotatable bonds is 4. The molecule has 2 rings (SSSR count). The van der Waals surface area contributed by atoms with Crippen LogP contribution in [0.25, 0.3) is 0 Å². The Morgan fingerprint density at radius 1 is 1.45 bits per heavy atom.